The number of nitrogens with two attached hydrogens (primary N) is 1. The van der Waals surface area contributed by atoms with Gasteiger partial charge in [-0.3, -0.25) is 0 Å². The van der Waals surface area contributed by atoms with Crippen LogP contribution >= 0.6 is 0 Å². The minimum Gasteiger partial charge on any atom is -0.394 e. The fourth-order valence-corrected chi connectivity index (χ4v) is 2.39. The third-order valence-corrected chi connectivity index (χ3v) is 3.47. The molecule has 1 aromatic rings. The lowest BCUT2D eigenvalue weighted by Gasteiger charge is -2.39. The van der Waals surface area contributed by atoms with Crippen LogP contribution in [0.4, 0.5) is 11.5 Å². The van der Waals surface area contributed by atoms with E-state index < -0.39 is 0 Å². The summed E-state index contributed by atoms with van der Waals surface area (Å²) in [6.45, 7) is 12.1. The minimum absolute atomic E-state index is 0.233. The van der Waals surface area contributed by atoms with Crippen molar-refractivity contribution in [1.82, 2.24) is 9.78 Å². The van der Waals surface area contributed by atoms with Crippen molar-refractivity contribution in [1.29, 1.82) is 0 Å². The second kappa shape index (κ2) is 4.80. The van der Waals surface area contributed by atoms with Crippen LogP contribution in [0.1, 0.15) is 39.4 Å². The van der Waals surface area contributed by atoms with Crippen LogP contribution in [0, 0.1) is 6.92 Å². The van der Waals surface area contributed by atoms with E-state index in [2.05, 4.69) is 37.7 Å². The molecule has 2 atom stereocenters. The zero-order valence-corrected chi connectivity index (χ0v) is 12.0. The Balaban J connectivity index is 2.42. The van der Waals surface area contributed by atoms with E-state index in [4.69, 9.17) is 10.5 Å². The average Bonchev–Trinajstić information content (AvgIpc) is 2.60. The Kier molecular flexibility index (Phi) is 3.52. The molecular formula is C13H24N4O. The van der Waals surface area contributed by atoms with Gasteiger partial charge in [-0.05, 0) is 34.6 Å². The van der Waals surface area contributed by atoms with Gasteiger partial charge in [-0.2, -0.15) is 5.10 Å². The molecule has 5 heteroatoms. The van der Waals surface area contributed by atoms with E-state index in [1.807, 2.05) is 11.6 Å². The smallest absolute Gasteiger partial charge is 0.151 e. The van der Waals surface area contributed by atoms with E-state index in [1.54, 1.807) is 0 Å². The third-order valence-electron chi connectivity index (χ3n) is 3.47. The quantitative estimate of drug-likeness (QED) is 0.874. The Morgan fingerprint density at radius 3 is 2.67 bits per heavy atom. The second-order valence-electron chi connectivity index (χ2n) is 5.51. The summed E-state index contributed by atoms with van der Waals surface area (Å²) in [5.41, 5.74) is 7.92. The van der Waals surface area contributed by atoms with Crippen LogP contribution in [0.5, 0.6) is 0 Å². The van der Waals surface area contributed by atoms with Crippen molar-refractivity contribution in [3.8, 4) is 0 Å². The topological polar surface area (TPSA) is 56.3 Å². The van der Waals surface area contributed by atoms with E-state index in [0.29, 0.717) is 12.1 Å². The summed E-state index contributed by atoms with van der Waals surface area (Å²) in [4.78, 5) is 2.32. The number of nitrogen functional groups attached to an aromatic ring is 1. The number of ether oxygens (including phenoxy) is 1. The number of rotatable bonds is 2. The van der Waals surface area contributed by atoms with Crippen LogP contribution < -0.4 is 10.6 Å². The van der Waals surface area contributed by atoms with Gasteiger partial charge < -0.3 is 15.4 Å². The maximum Gasteiger partial charge on any atom is 0.151 e. The van der Waals surface area contributed by atoms with Crippen LogP contribution in [0.2, 0.25) is 0 Å². The van der Waals surface area contributed by atoms with Crippen LogP contribution in [0.3, 0.4) is 0 Å². The molecule has 1 aromatic heterocycles. The first kappa shape index (κ1) is 13.2. The molecule has 0 amide bonds. The molecule has 1 fully saturated rings. The Labute approximate surface area is 109 Å². The number of aryl methyl sites for hydroxylation is 1. The molecule has 2 N–H and O–H groups in total. The van der Waals surface area contributed by atoms with Crippen molar-refractivity contribution in [3.63, 3.8) is 0 Å². The summed E-state index contributed by atoms with van der Waals surface area (Å²) in [6.07, 6.45) is 0.233. The van der Waals surface area contributed by atoms with E-state index in [1.165, 1.54) is 0 Å². The number of morpholine rings is 1. The molecule has 2 unspecified atom stereocenters. The highest BCUT2D eigenvalue weighted by molar-refractivity contribution is 5.67. The lowest BCUT2D eigenvalue weighted by atomic mass is 10.2. The van der Waals surface area contributed by atoms with Gasteiger partial charge >= 0.3 is 0 Å². The van der Waals surface area contributed by atoms with Crippen molar-refractivity contribution in [2.24, 2.45) is 0 Å². The molecule has 1 aliphatic rings. The Bertz CT molecular complexity index is 427. The molecular weight excluding hydrogens is 228 g/mol. The molecule has 0 radical (unpaired) electrons. The minimum atomic E-state index is 0.233. The summed E-state index contributed by atoms with van der Waals surface area (Å²) in [7, 11) is 0. The first-order valence-corrected chi connectivity index (χ1v) is 6.64. The highest BCUT2D eigenvalue weighted by Crippen LogP contribution is 2.32. The number of hydrogen-bond acceptors (Lipinski definition) is 4. The van der Waals surface area contributed by atoms with Gasteiger partial charge in [-0.1, -0.05) is 0 Å². The molecule has 0 aliphatic carbocycles. The standard InChI is InChI=1S/C13H24N4O/c1-8(2)17-13(12(14)11(5)15-17)16-6-10(4)18-7-9(16)3/h8-10H,6-7,14H2,1-5H3. The molecule has 18 heavy (non-hydrogen) atoms. The Hall–Kier alpha value is -1.23. The number of nitrogens with zero attached hydrogens (tertiary/aromatic N) is 3. The third kappa shape index (κ3) is 2.19. The summed E-state index contributed by atoms with van der Waals surface area (Å²) in [6, 6.07) is 0.637. The van der Waals surface area contributed by atoms with Gasteiger partial charge in [-0.25, -0.2) is 4.68 Å². The van der Waals surface area contributed by atoms with Crippen molar-refractivity contribution < 1.29 is 4.74 Å². The lowest BCUT2D eigenvalue weighted by Crippen LogP contribution is -2.48. The maximum atomic E-state index is 6.21. The highest BCUT2D eigenvalue weighted by atomic mass is 16.5. The molecule has 0 saturated carbocycles. The normalized spacial score (nSPS) is 24.9. The molecule has 2 heterocycles. The number of aromatic nitrogens is 2. The van der Waals surface area contributed by atoms with Gasteiger partial charge in [-0.15, -0.1) is 0 Å². The maximum absolute atomic E-state index is 6.21. The molecule has 1 saturated heterocycles. The van der Waals surface area contributed by atoms with Crippen molar-refractivity contribution >= 4 is 11.5 Å². The fourth-order valence-electron chi connectivity index (χ4n) is 2.39. The predicted molar refractivity (Wildman–Crippen MR) is 74.0 cm³/mol. The van der Waals surface area contributed by atoms with Gasteiger partial charge in [0.05, 0.1) is 30.1 Å². The molecule has 0 spiro atoms. The zero-order valence-electron chi connectivity index (χ0n) is 12.0. The van der Waals surface area contributed by atoms with Crippen LogP contribution in [-0.4, -0.2) is 35.1 Å². The summed E-state index contributed by atoms with van der Waals surface area (Å²) < 4.78 is 7.70. The van der Waals surface area contributed by atoms with Crippen molar-refractivity contribution in [3.05, 3.63) is 5.69 Å². The largest absolute Gasteiger partial charge is 0.394 e. The van der Waals surface area contributed by atoms with E-state index in [9.17, 15) is 0 Å². The Morgan fingerprint density at radius 2 is 2.06 bits per heavy atom. The SMILES string of the molecule is Cc1nn(C(C)C)c(N2CC(C)OCC2C)c1N. The zero-order chi connectivity index (χ0) is 13.4. The van der Waals surface area contributed by atoms with Crippen LogP contribution in [0.15, 0.2) is 0 Å². The van der Waals surface area contributed by atoms with Gasteiger partial charge in [0.2, 0.25) is 0 Å². The molecule has 2 rings (SSSR count). The van der Waals surface area contributed by atoms with E-state index in [0.717, 1.165) is 30.4 Å². The average molecular weight is 252 g/mol. The summed E-state index contributed by atoms with van der Waals surface area (Å²) >= 11 is 0. The highest BCUT2D eigenvalue weighted by Gasteiger charge is 2.29. The van der Waals surface area contributed by atoms with E-state index >= 15 is 0 Å². The molecule has 0 aromatic carbocycles. The van der Waals surface area contributed by atoms with Crippen molar-refractivity contribution in [2.45, 2.75) is 52.8 Å². The number of hydrogen-bond donors (Lipinski definition) is 1. The van der Waals surface area contributed by atoms with Gasteiger partial charge in [0.1, 0.15) is 0 Å². The van der Waals surface area contributed by atoms with Crippen molar-refractivity contribution in [2.75, 3.05) is 23.8 Å². The lowest BCUT2D eigenvalue weighted by molar-refractivity contribution is 0.0336. The predicted octanol–water partition coefficient (Wildman–Crippen LogP) is 1.97. The van der Waals surface area contributed by atoms with Gasteiger partial charge in [0.15, 0.2) is 5.82 Å². The van der Waals surface area contributed by atoms with Crippen LogP contribution in [-0.2, 0) is 4.74 Å². The monoisotopic (exact) mass is 252 g/mol. The first-order chi connectivity index (χ1) is 8.41. The molecule has 102 valence electrons. The van der Waals surface area contributed by atoms with E-state index in [-0.39, 0.29) is 6.10 Å². The van der Waals surface area contributed by atoms with Gasteiger partial charge in [0, 0.05) is 12.6 Å². The molecule has 0 bridgehead atoms. The second-order valence-corrected chi connectivity index (χ2v) is 5.51. The van der Waals surface area contributed by atoms with Gasteiger partial charge in [0.25, 0.3) is 0 Å². The first-order valence-electron chi connectivity index (χ1n) is 6.64. The molecule has 5 nitrogen and oxygen atoms in total. The Morgan fingerprint density at radius 1 is 1.39 bits per heavy atom. The molecule has 1 aliphatic heterocycles. The fraction of sp³-hybridized carbons (Fsp3) is 0.769. The van der Waals surface area contributed by atoms with Crippen LogP contribution in [0.25, 0.3) is 0 Å². The number of anilines is 2. The summed E-state index contributed by atoms with van der Waals surface area (Å²) in [5.74, 6) is 1.05. The summed E-state index contributed by atoms with van der Waals surface area (Å²) in [5, 5.41) is 4.55.